The van der Waals surface area contributed by atoms with Gasteiger partial charge in [-0.25, -0.2) is 4.68 Å². The van der Waals surface area contributed by atoms with Gasteiger partial charge in [0, 0.05) is 11.2 Å². The van der Waals surface area contributed by atoms with E-state index in [0.717, 1.165) is 10.0 Å². The Morgan fingerprint density at radius 1 is 1.27 bits per heavy atom. The number of nitrogens with one attached hydrogen (secondary N) is 1. The molecule has 5 nitrogen and oxygen atoms in total. The van der Waals surface area contributed by atoms with Crippen molar-refractivity contribution >= 4 is 33.4 Å². The molecule has 2 aromatic carbocycles. The van der Waals surface area contributed by atoms with Gasteiger partial charge in [0.2, 0.25) is 0 Å². The van der Waals surface area contributed by atoms with Crippen molar-refractivity contribution in [2.45, 2.75) is 19.7 Å². The van der Waals surface area contributed by atoms with Crippen LogP contribution in [0.25, 0.3) is 0 Å². The van der Waals surface area contributed by atoms with Crippen LogP contribution in [0.15, 0.2) is 65.3 Å². The van der Waals surface area contributed by atoms with Crippen LogP contribution in [0.3, 0.4) is 0 Å². The number of amides is 1. The van der Waals surface area contributed by atoms with E-state index >= 15 is 0 Å². The van der Waals surface area contributed by atoms with Crippen molar-refractivity contribution in [1.82, 2.24) is 15.1 Å². The molecule has 1 aromatic heterocycles. The molecule has 0 radical (unpaired) electrons. The van der Waals surface area contributed by atoms with Crippen LogP contribution >= 0.6 is 27.5 Å². The summed E-state index contributed by atoms with van der Waals surface area (Å²) in [6, 6.07) is 16.6. The summed E-state index contributed by atoms with van der Waals surface area (Å²) < 4.78 is 8.00. The molecule has 1 amide bonds. The summed E-state index contributed by atoms with van der Waals surface area (Å²) in [6.45, 7) is 2.12. The zero-order valence-electron chi connectivity index (χ0n) is 14.0. The number of rotatable bonds is 6. The predicted molar refractivity (Wildman–Crippen MR) is 104 cm³/mol. The van der Waals surface area contributed by atoms with Crippen molar-refractivity contribution in [1.29, 1.82) is 0 Å². The second kappa shape index (κ2) is 8.38. The highest BCUT2D eigenvalue weighted by molar-refractivity contribution is 9.10. The van der Waals surface area contributed by atoms with E-state index in [9.17, 15) is 4.79 Å². The number of carbonyl (C=O) groups is 1. The molecule has 0 bridgehead atoms. The van der Waals surface area contributed by atoms with Crippen molar-refractivity contribution < 1.29 is 9.53 Å². The lowest BCUT2D eigenvalue weighted by atomic mass is 10.1. The molecule has 0 saturated heterocycles. The average Bonchev–Trinajstić information content (AvgIpc) is 3.11. The van der Waals surface area contributed by atoms with E-state index in [2.05, 4.69) is 26.3 Å². The Morgan fingerprint density at radius 2 is 2.04 bits per heavy atom. The van der Waals surface area contributed by atoms with Crippen LogP contribution in [0.4, 0.5) is 0 Å². The van der Waals surface area contributed by atoms with Gasteiger partial charge in [0.05, 0.1) is 10.5 Å². The third-order valence-electron chi connectivity index (χ3n) is 3.77. The average molecular weight is 435 g/mol. The van der Waals surface area contributed by atoms with Crippen LogP contribution in [-0.4, -0.2) is 15.7 Å². The van der Waals surface area contributed by atoms with Gasteiger partial charge in [-0.3, -0.25) is 4.79 Å². The first kappa shape index (κ1) is 18.5. The smallest absolute Gasteiger partial charge is 0.272 e. The van der Waals surface area contributed by atoms with Crippen LogP contribution < -0.4 is 10.1 Å². The Balaban J connectivity index is 1.59. The first-order valence-electron chi connectivity index (χ1n) is 8.00. The largest absolute Gasteiger partial charge is 0.470 e. The second-order valence-electron chi connectivity index (χ2n) is 5.69. The van der Waals surface area contributed by atoms with E-state index < -0.39 is 0 Å². The van der Waals surface area contributed by atoms with Crippen LogP contribution in [0, 0.1) is 0 Å². The molecule has 3 aromatic rings. The maximum atomic E-state index is 12.4. The number of aromatic nitrogens is 2. The molecular weight excluding hydrogens is 418 g/mol. The molecular formula is C19H17BrClN3O2. The van der Waals surface area contributed by atoms with E-state index in [-0.39, 0.29) is 18.7 Å². The molecule has 26 heavy (non-hydrogen) atoms. The van der Waals surface area contributed by atoms with Crippen molar-refractivity contribution in [3.8, 4) is 5.75 Å². The maximum Gasteiger partial charge on any atom is 0.272 e. The maximum absolute atomic E-state index is 12.4. The first-order chi connectivity index (χ1) is 12.5. The number of ether oxygens (including phenoxy) is 1. The minimum absolute atomic E-state index is 0.102. The molecule has 0 aliphatic rings. The Kier molecular flexibility index (Phi) is 5.96. The quantitative estimate of drug-likeness (QED) is 0.605. The highest BCUT2D eigenvalue weighted by Gasteiger charge is 2.14. The van der Waals surface area contributed by atoms with Crippen molar-refractivity contribution in [3.63, 3.8) is 0 Å². The standard InChI is InChI=1S/C19H17BrClN3O2/c1-13(14-5-3-2-4-6-14)22-19(25)17-9-10-24(23-17)12-26-18-8-7-15(21)11-16(18)20/h2-11,13H,12H2,1H3,(H,22,25). The van der Waals surface area contributed by atoms with Crippen molar-refractivity contribution in [2.75, 3.05) is 0 Å². The molecule has 1 N–H and O–H groups in total. The minimum Gasteiger partial charge on any atom is -0.470 e. The summed E-state index contributed by atoms with van der Waals surface area (Å²) in [4.78, 5) is 12.4. The van der Waals surface area contributed by atoms with Gasteiger partial charge in [0.15, 0.2) is 6.73 Å². The fourth-order valence-electron chi connectivity index (χ4n) is 2.38. The van der Waals surface area contributed by atoms with E-state index in [1.165, 1.54) is 0 Å². The van der Waals surface area contributed by atoms with Crippen LogP contribution in [-0.2, 0) is 6.73 Å². The summed E-state index contributed by atoms with van der Waals surface area (Å²) in [5.74, 6) is 0.418. The fraction of sp³-hybridized carbons (Fsp3) is 0.158. The topological polar surface area (TPSA) is 56.2 Å². The molecule has 1 unspecified atom stereocenters. The fourth-order valence-corrected chi connectivity index (χ4v) is 3.18. The number of carbonyl (C=O) groups excluding carboxylic acids is 1. The number of benzene rings is 2. The Bertz CT molecular complexity index is 899. The number of hydrogen-bond donors (Lipinski definition) is 1. The predicted octanol–water partition coefficient (Wildman–Crippen LogP) is 4.83. The lowest BCUT2D eigenvalue weighted by Gasteiger charge is -2.13. The van der Waals surface area contributed by atoms with Gasteiger partial charge in [0.1, 0.15) is 11.4 Å². The zero-order chi connectivity index (χ0) is 18.5. The van der Waals surface area contributed by atoms with E-state index in [4.69, 9.17) is 16.3 Å². The summed E-state index contributed by atoms with van der Waals surface area (Å²) in [7, 11) is 0. The molecule has 1 atom stereocenters. The van der Waals surface area contributed by atoms with E-state index in [1.54, 1.807) is 35.1 Å². The van der Waals surface area contributed by atoms with Gasteiger partial charge in [-0.1, -0.05) is 41.9 Å². The summed E-state index contributed by atoms with van der Waals surface area (Å²) in [5, 5.41) is 7.81. The molecule has 0 spiro atoms. The molecule has 0 saturated carbocycles. The van der Waals surface area contributed by atoms with Crippen molar-refractivity contribution in [2.24, 2.45) is 0 Å². The third kappa shape index (κ3) is 4.65. The van der Waals surface area contributed by atoms with Crippen LogP contribution in [0.2, 0.25) is 5.02 Å². The molecule has 1 heterocycles. The lowest BCUT2D eigenvalue weighted by molar-refractivity contribution is 0.0932. The monoisotopic (exact) mass is 433 g/mol. The Morgan fingerprint density at radius 3 is 2.77 bits per heavy atom. The molecule has 3 rings (SSSR count). The third-order valence-corrected chi connectivity index (χ3v) is 4.62. The van der Waals surface area contributed by atoms with Gasteiger partial charge in [-0.15, -0.1) is 0 Å². The number of hydrogen-bond acceptors (Lipinski definition) is 3. The Hall–Kier alpha value is -2.31. The van der Waals surface area contributed by atoms with Gasteiger partial charge in [-0.2, -0.15) is 5.10 Å². The molecule has 0 aliphatic heterocycles. The molecule has 7 heteroatoms. The lowest BCUT2D eigenvalue weighted by Crippen LogP contribution is -2.27. The Labute approximate surface area is 165 Å². The van der Waals surface area contributed by atoms with E-state index in [0.29, 0.717) is 16.5 Å². The number of halogens is 2. The van der Waals surface area contributed by atoms with E-state index in [1.807, 2.05) is 37.3 Å². The van der Waals surface area contributed by atoms with Gasteiger partial charge < -0.3 is 10.1 Å². The van der Waals surface area contributed by atoms with Crippen LogP contribution in [0.1, 0.15) is 29.0 Å². The highest BCUT2D eigenvalue weighted by atomic mass is 79.9. The van der Waals surface area contributed by atoms with Crippen molar-refractivity contribution in [3.05, 3.63) is 81.5 Å². The number of nitrogens with zero attached hydrogens (tertiary/aromatic N) is 2. The minimum atomic E-state index is -0.229. The summed E-state index contributed by atoms with van der Waals surface area (Å²) in [5.41, 5.74) is 1.38. The van der Waals surface area contributed by atoms with Gasteiger partial charge >= 0.3 is 0 Å². The molecule has 0 fully saturated rings. The highest BCUT2D eigenvalue weighted by Crippen LogP contribution is 2.28. The summed E-state index contributed by atoms with van der Waals surface area (Å²) in [6.07, 6.45) is 1.70. The molecule has 0 aliphatic carbocycles. The zero-order valence-corrected chi connectivity index (χ0v) is 16.4. The summed E-state index contributed by atoms with van der Waals surface area (Å²) >= 11 is 9.31. The normalized spacial score (nSPS) is 11.8. The first-order valence-corrected chi connectivity index (χ1v) is 9.17. The van der Waals surface area contributed by atoms with Gasteiger partial charge in [0.25, 0.3) is 5.91 Å². The second-order valence-corrected chi connectivity index (χ2v) is 6.99. The molecule has 134 valence electrons. The van der Waals surface area contributed by atoms with Crippen LogP contribution in [0.5, 0.6) is 5.75 Å². The van der Waals surface area contributed by atoms with Gasteiger partial charge in [-0.05, 0) is 52.7 Å². The SMILES string of the molecule is CC(NC(=O)c1ccn(COc2ccc(Cl)cc2Br)n1)c1ccccc1.